The lowest BCUT2D eigenvalue weighted by molar-refractivity contribution is 0.425. The Balaban J connectivity index is 1.90. The zero-order chi connectivity index (χ0) is 19.2. The van der Waals surface area contributed by atoms with Gasteiger partial charge >= 0.3 is 0 Å². The maximum atomic E-state index is 6.12. The van der Waals surface area contributed by atoms with Gasteiger partial charge in [-0.05, 0) is 56.9 Å². The lowest BCUT2D eigenvalue weighted by Crippen LogP contribution is -2.21. The molecule has 0 atom stereocenters. The van der Waals surface area contributed by atoms with Gasteiger partial charge in [-0.3, -0.25) is 4.98 Å². The number of aromatic nitrogens is 3. The van der Waals surface area contributed by atoms with E-state index in [1.165, 1.54) is 0 Å². The summed E-state index contributed by atoms with van der Waals surface area (Å²) in [4.78, 5) is 15.5. The topological polar surface area (TPSA) is 66.0 Å². The van der Waals surface area contributed by atoms with Gasteiger partial charge in [-0.2, -0.15) is 4.98 Å². The van der Waals surface area contributed by atoms with Crippen molar-refractivity contribution >= 4 is 29.1 Å². The van der Waals surface area contributed by atoms with Crippen LogP contribution in [0.15, 0.2) is 48.8 Å². The molecule has 6 nitrogen and oxygen atoms in total. The molecule has 1 aromatic carbocycles. The molecule has 3 rings (SSSR count). The van der Waals surface area contributed by atoms with Crippen molar-refractivity contribution in [2.24, 2.45) is 0 Å². The highest BCUT2D eigenvalue weighted by molar-refractivity contribution is 6.31. The highest BCUT2D eigenvalue weighted by Gasteiger charge is 2.08. The van der Waals surface area contributed by atoms with Crippen molar-refractivity contribution in [1.29, 1.82) is 0 Å². The number of rotatable bonds is 7. The number of halogens is 1. The molecule has 0 radical (unpaired) electrons. The number of nitrogens with one attached hydrogen (secondary N) is 2. The van der Waals surface area contributed by atoms with Crippen molar-refractivity contribution in [3.63, 3.8) is 0 Å². The Hall–Kier alpha value is -2.70. The first-order valence-electron chi connectivity index (χ1n) is 8.72. The minimum absolute atomic E-state index is 0.575. The number of aryl methyl sites for hydroxylation is 1. The number of nitrogens with zero attached hydrogens (tertiary/aromatic N) is 4. The summed E-state index contributed by atoms with van der Waals surface area (Å²) in [6.45, 7) is 3.62. The largest absolute Gasteiger partial charge is 0.353 e. The molecule has 0 amide bonds. The number of likely N-dealkylation sites (N-methyl/N-ethyl adjacent to an activating group) is 1. The van der Waals surface area contributed by atoms with E-state index in [2.05, 4.69) is 30.5 Å². The third-order valence-corrected chi connectivity index (χ3v) is 4.38. The van der Waals surface area contributed by atoms with Crippen molar-refractivity contribution in [2.75, 3.05) is 37.8 Å². The van der Waals surface area contributed by atoms with Crippen LogP contribution in [0.4, 0.5) is 17.5 Å². The first-order chi connectivity index (χ1) is 13.0. The van der Waals surface area contributed by atoms with Crippen LogP contribution < -0.4 is 10.6 Å². The van der Waals surface area contributed by atoms with Crippen LogP contribution in [0.2, 0.25) is 5.02 Å². The molecule has 0 saturated carbocycles. The van der Waals surface area contributed by atoms with Crippen molar-refractivity contribution in [3.05, 3.63) is 59.4 Å². The van der Waals surface area contributed by atoms with Gasteiger partial charge in [-0.25, -0.2) is 4.98 Å². The standard InChI is InChI=1S/C20H23ClN6/c1-14-11-16(6-7-17(14)21)24-19-12-18(15-5-4-8-22-13-15)25-20(26-19)23-9-10-27(2)3/h4-8,11-13H,9-10H2,1-3H3,(H2,23,24,25,26). The van der Waals surface area contributed by atoms with E-state index in [1.54, 1.807) is 12.4 Å². The first-order valence-corrected chi connectivity index (χ1v) is 9.10. The summed E-state index contributed by atoms with van der Waals surface area (Å²) in [5.74, 6) is 1.28. The Kier molecular flexibility index (Phi) is 6.21. The van der Waals surface area contributed by atoms with Gasteiger partial charge in [-0.1, -0.05) is 11.6 Å². The van der Waals surface area contributed by atoms with Crippen LogP contribution in [0, 0.1) is 6.92 Å². The molecular formula is C20H23ClN6. The van der Waals surface area contributed by atoms with Crippen LogP contribution >= 0.6 is 11.6 Å². The average Bonchev–Trinajstić information content (AvgIpc) is 2.65. The minimum Gasteiger partial charge on any atom is -0.353 e. The smallest absolute Gasteiger partial charge is 0.225 e. The molecule has 0 bridgehead atoms. The van der Waals surface area contributed by atoms with Gasteiger partial charge in [0.1, 0.15) is 5.82 Å². The van der Waals surface area contributed by atoms with E-state index in [9.17, 15) is 0 Å². The number of hydrogen-bond donors (Lipinski definition) is 2. The van der Waals surface area contributed by atoms with Gasteiger partial charge in [-0.15, -0.1) is 0 Å². The molecule has 0 saturated heterocycles. The fourth-order valence-electron chi connectivity index (χ4n) is 2.51. The van der Waals surface area contributed by atoms with E-state index < -0.39 is 0 Å². The van der Waals surface area contributed by atoms with Crippen LogP contribution in [0.3, 0.4) is 0 Å². The summed E-state index contributed by atoms with van der Waals surface area (Å²) in [5, 5.41) is 7.37. The monoisotopic (exact) mass is 382 g/mol. The fraction of sp³-hybridized carbons (Fsp3) is 0.250. The number of pyridine rings is 1. The molecule has 0 fully saturated rings. The van der Waals surface area contributed by atoms with E-state index in [-0.39, 0.29) is 0 Å². The molecule has 0 aliphatic carbocycles. The van der Waals surface area contributed by atoms with Crippen LogP contribution in [0.25, 0.3) is 11.3 Å². The van der Waals surface area contributed by atoms with Crippen molar-refractivity contribution < 1.29 is 0 Å². The zero-order valence-corrected chi connectivity index (χ0v) is 16.5. The average molecular weight is 383 g/mol. The third-order valence-electron chi connectivity index (χ3n) is 3.96. The molecule has 2 heterocycles. The predicted molar refractivity (Wildman–Crippen MR) is 112 cm³/mol. The summed E-state index contributed by atoms with van der Waals surface area (Å²) in [5.41, 5.74) is 3.67. The van der Waals surface area contributed by atoms with E-state index in [1.807, 2.05) is 57.4 Å². The van der Waals surface area contributed by atoms with Gasteiger partial charge in [0, 0.05) is 47.8 Å². The Bertz CT molecular complexity index is 898. The number of hydrogen-bond acceptors (Lipinski definition) is 6. The Morgan fingerprint density at radius 3 is 2.67 bits per heavy atom. The molecule has 2 N–H and O–H groups in total. The maximum Gasteiger partial charge on any atom is 0.225 e. The van der Waals surface area contributed by atoms with Crippen molar-refractivity contribution in [1.82, 2.24) is 19.9 Å². The maximum absolute atomic E-state index is 6.12. The molecule has 140 valence electrons. The highest BCUT2D eigenvalue weighted by Crippen LogP contribution is 2.25. The lowest BCUT2D eigenvalue weighted by atomic mass is 10.2. The highest BCUT2D eigenvalue weighted by atomic mass is 35.5. The molecule has 0 unspecified atom stereocenters. The molecular weight excluding hydrogens is 360 g/mol. The van der Waals surface area contributed by atoms with Crippen molar-refractivity contribution in [3.8, 4) is 11.3 Å². The molecule has 27 heavy (non-hydrogen) atoms. The normalized spacial score (nSPS) is 10.9. The van der Waals surface area contributed by atoms with Crippen LogP contribution in [0.1, 0.15) is 5.56 Å². The fourth-order valence-corrected chi connectivity index (χ4v) is 2.63. The quantitative estimate of drug-likeness (QED) is 0.637. The van der Waals surface area contributed by atoms with Crippen molar-refractivity contribution in [2.45, 2.75) is 6.92 Å². The van der Waals surface area contributed by atoms with Crippen LogP contribution in [-0.4, -0.2) is 47.0 Å². The molecule has 0 spiro atoms. The van der Waals surface area contributed by atoms with Gasteiger partial charge in [0.05, 0.1) is 5.69 Å². The lowest BCUT2D eigenvalue weighted by Gasteiger charge is -2.13. The van der Waals surface area contributed by atoms with E-state index >= 15 is 0 Å². The summed E-state index contributed by atoms with van der Waals surface area (Å²) in [6, 6.07) is 11.6. The molecule has 2 aromatic heterocycles. The third kappa shape index (κ3) is 5.39. The summed E-state index contributed by atoms with van der Waals surface area (Å²) in [7, 11) is 4.06. The molecule has 0 aliphatic rings. The SMILES string of the molecule is Cc1cc(Nc2cc(-c3cccnc3)nc(NCCN(C)C)n2)ccc1Cl. The summed E-state index contributed by atoms with van der Waals surface area (Å²) >= 11 is 6.12. The second-order valence-corrected chi connectivity index (χ2v) is 6.93. The number of anilines is 3. The Morgan fingerprint density at radius 2 is 1.96 bits per heavy atom. The Morgan fingerprint density at radius 1 is 1.11 bits per heavy atom. The number of benzene rings is 1. The molecule has 7 heteroatoms. The van der Waals surface area contributed by atoms with E-state index in [0.717, 1.165) is 40.6 Å². The van der Waals surface area contributed by atoms with E-state index in [4.69, 9.17) is 11.6 Å². The van der Waals surface area contributed by atoms with Gasteiger partial charge < -0.3 is 15.5 Å². The van der Waals surface area contributed by atoms with E-state index in [0.29, 0.717) is 11.8 Å². The summed E-state index contributed by atoms with van der Waals surface area (Å²) < 4.78 is 0. The second-order valence-electron chi connectivity index (χ2n) is 6.52. The van der Waals surface area contributed by atoms with Gasteiger partial charge in [0.25, 0.3) is 0 Å². The van der Waals surface area contributed by atoms with Gasteiger partial charge in [0.2, 0.25) is 5.95 Å². The Labute approximate surface area is 164 Å². The molecule has 0 aliphatic heterocycles. The minimum atomic E-state index is 0.575. The molecule has 3 aromatic rings. The summed E-state index contributed by atoms with van der Waals surface area (Å²) in [6.07, 6.45) is 3.54. The predicted octanol–water partition coefficient (Wildman–Crippen LogP) is 4.22. The second kappa shape index (κ2) is 8.79. The van der Waals surface area contributed by atoms with Gasteiger partial charge in [0.15, 0.2) is 0 Å². The zero-order valence-electron chi connectivity index (χ0n) is 15.7. The first kappa shape index (κ1) is 19.1. The van der Waals surface area contributed by atoms with Crippen LogP contribution in [0.5, 0.6) is 0 Å². The van der Waals surface area contributed by atoms with Crippen LogP contribution in [-0.2, 0) is 0 Å².